The van der Waals surface area contributed by atoms with E-state index in [0.29, 0.717) is 35.7 Å². The number of nitriles is 1. The number of amides is 1. The van der Waals surface area contributed by atoms with Gasteiger partial charge in [0.05, 0.1) is 17.7 Å². The molecule has 1 unspecified atom stereocenters. The van der Waals surface area contributed by atoms with Crippen molar-refractivity contribution in [3.8, 4) is 6.07 Å². The Balaban J connectivity index is 1.69. The Bertz CT molecular complexity index is 780. The highest BCUT2D eigenvalue weighted by Gasteiger charge is 2.38. The number of hydrogen-bond acceptors (Lipinski definition) is 3. The van der Waals surface area contributed by atoms with Gasteiger partial charge in [0.1, 0.15) is 11.8 Å². The van der Waals surface area contributed by atoms with Gasteiger partial charge in [-0.05, 0) is 30.2 Å². The molecule has 118 valence electrons. The molecule has 1 atom stereocenters. The highest BCUT2D eigenvalue weighted by molar-refractivity contribution is 6.30. The number of aromatic amines is 1. The molecular formula is C17H16ClN3O2. The van der Waals surface area contributed by atoms with Gasteiger partial charge in [0.15, 0.2) is 0 Å². The lowest BCUT2D eigenvalue weighted by Gasteiger charge is -2.23. The Kier molecular flexibility index (Phi) is 4.12. The summed E-state index contributed by atoms with van der Waals surface area (Å²) in [5.74, 6) is -0.200. The number of aromatic nitrogens is 1. The van der Waals surface area contributed by atoms with E-state index in [4.69, 9.17) is 16.9 Å². The third-order valence-electron chi connectivity index (χ3n) is 4.08. The van der Waals surface area contributed by atoms with Crippen LogP contribution in [0.4, 0.5) is 0 Å². The molecule has 1 aliphatic rings. The highest BCUT2D eigenvalue weighted by atomic mass is 35.5. The largest absolute Gasteiger partial charge is 0.388 e. The summed E-state index contributed by atoms with van der Waals surface area (Å²) in [4.78, 5) is 16.8. The van der Waals surface area contributed by atoms with Gasteiger partial charge in [0, 0.05) is 24.2 Å². The molecule has 1 aromatic carbocycles. The minimum absolute atomic E-state index is 0.200. The van der Waals surface area contributed by atoms with E-state index in [1.54, 1.807) is 11.0 Å². The van der Waals surface area contributed by atoms with Crippen LogP contribution in [0.5, 0.6) is 0 Å². The molecule has 1 fully saturated rings. The average Bonchev–Trinajstić information content (AvgIpc) is 3.13. The minimum atomic E-state index is -0.953. The number of rotatable bonds is 3. The van der Waals surface area contributed by atoms with Crippen LogP contribution in [0.1, 0.15) is 28.0 Å². The maximum absolute atomic E-state index is 12.4. The van der Waals surface area contributed by atoms with Gasteiger partial charge in [-0.1, -0.05) is 23.7 Å². The Morgan fingerprint density at radius 3 is 3.00 bits per heavy atom. The maximum Gasteiger partial charge on any atom is 0.270 e. The van der Waals surface area contributed by atoms with Gasteiger partial charge in [0.2, 0.25) is 0 Å². The molecule has 1 amide bonds. The van der Waals surface area contributed by atoms with Crippen molar-refractivity contribution in [3.63, 3.8) is 0 Å². The first-order valence-corrected chi connectivity index (χ1v) is 7.71. The van der Waals surface area contributed by atoms with Crippen LogP contribution in [0.2, 0.25) is 5.02 Å². The van der Waals surface area contributed by atoms with E-state index in [1.165, 1.54) is 12.3 Å². The lowest BCUT2D eigenvalue weighted by Crippen LogP contribution is -2.37. The van der Waals surface area contributed by atoms with Gasteiger partial charge in [-0.25, -0.2) is 0 Å². The van der Waals surface area contributed by atoms with Gasteiger partial charge in [-0.3, -0.25) is 4.79 Å². The predicted molar refractivity (Wildman–Crippen MR) is 86.1 cm³/mol. The van der Waals surface area contributed by atoms with Crippen molar-refractivity contribution in [2.24, 2.45) is 0 Å². The molecule has 0 bridgehead atoms. The molecule has 5 nitrogen and oxygen atoms in total. The van der Waals surface area contributed by atoms with E-state index in [1.807, 2.05) is 24.3 Å². The van der Waals surface area contributed by atoms with Crippen LogP contribution in [-0.4, -0.2) is 39.6 Å². The van der Waals surface area contributed by atoms with Gasteiger partial charge >= 0.3 is 0 Å². The van der Waals surface area contributed by atoms with Crippen molar-refractivity contribution in [1.82, 2.24) is 9.88 Å². The highest BCUT2D eigenvalue weighted by Crippen LogP contribution is 2.27. The molecular weight excluding hydrogens is 314 g/mol. The van der Waals surface area contributed by atoms with E-state index in [2.05, 4.69) is 4.98 Å². The normalized spacial score (nSPS) is 20.5. The first-order valence-electron chi connectivity index (χ1n) is 7.34. The number of benzene rings is 1. The molecule has 0 spiro atoms. The summed E-state index contributed by atoms with van der Waals surface area (Å²) in [5.41, 5.74) is 0.779. The number of halogens is 1. The van der Waals surface area contributed by atoms with Crippen molar-refractivity contribution in [2.45, 2.75) is 18.4 Å². The van der Waals surface area contributed by atoms with E-state index in [0.717, 1.165) is 5.56 Å². The summed E-state index contributed by atoms with van der Waals surface area (Å²) in [6.45, 7) is 0.746. The summed E-state index contributed by atoms with van der Waals surface area (Å²) in [7, 11) is 0. The first kappa shape index (κ1) is 15.6. The van der Waals surface area contributed by atoms with Gasteiger partial charge in [-0.15, -0.1) is 0 Å². The van der Waals surface area contributed by atoms with E-state index >= 15 is 0 Å². The molecule has 0 saturated carbocycles. The Labute approximate surface area is 139 Å². The van der Waals surface area contributed by atoms with Crippen LogP contribution in [-0.2, 0) is 6.42 Å². The van der Waals surface area contributed by atoms with E-state index < -0.39 is 5.60 Å². The Morgan fingerprint density at radius 2 is 2.30 bits per heavy atom. The van der Waals surface area contributed by atoms with Crippen LogP contribution in [0, 0.1) is 11.3 Å². The number of nitrogens with zero attached hydrogens (tertiary/aromatic N) is 2. The molecule has 2 heterocycles. The second kappa shape index (κ2) is 6.07. The van der Waals surface area contributed by atoms with Crippen molar-refractivity contribution in [2.75, 3.05) is 13.1 Å². The third-order valence-corrected chi connectivity index (χ3v) is 4.32. The number of carbonyl (C=O) groups is 1. The summed E-state index contributed by atoms with van der Waals surface area (Å²) >= 11 is 5.97. The lowest BCUT2D eigenvalue weighted by molar-refractivity contribution is 0.0443. The van der Waals surface area contributed by atoms with Gasteiger partial charge < -0.3 is 15.0 Å². The molecule has 23 heavy (non-hydrogen) atoms. The van der Waals surface area contributed by atoms with Crippen molar-refractivity contribution in [3.05, 3.63) is 58.4 Å². The monoisotopic (exact) mass is 329 g/mol. The average molecular weight is 330 g/mol. The zero-order valence-corrected chi connectivity index (χ0v) is 13.2. The van der Waals surface area contributed by atoms with Crippen LogP contribution < -0.4 is 0 Å². The number of β-amino-alcohol motifs (C(OH)–C–C–N with tert-alkyl or cyclic N) is 1. The smallest absolute Gasteiger partial charge is 0.270 e. The van der Waals surface area contributed by atoms with E-state index in [-0.39, 0.29) is 12.5 Å². The number of H-pyrrole nitrogens is 1. The molecule has 6 heteroatoms. The summed E-state index contributed by atoms with van der Waals surface area (Å²) in [6.07, 6.45) is 2.46. The summed E-state index contributed by atoms with van der Waals surface area (Å²) < 4.78 is 0. The number of hydrogen-bond donors (Lipinski definition) is 2. The molecule has 3 rings (SSSR count). The first-order chi connectivity index (χ1) is 11.0. The fraction of sp³-hybridized carbons (Fsp3) is 0.294. The summed E-state index contributed by atoms with van der Waals surface area (Å²) in [5, 5.41) is 20.2. The number of carbonyl (C=O) groups excluding carboxylic acids is 1. The number of likely N-dealkylation sites (tertiary alicyclic amines) is 1. The van der Waals surface area contributed by atoms with Crippen molar-refractivity contribution >= 4 is 17.5 Å². The second-order valence-electron chi connectivity index (χ2n) is 5.92. The fourth-order valence-corrected chi connectivity index (χ4v) is 3.17. The van der Waals surface area contributed by atoms with Crippen LogP contribution in [0.15, 0.2) is 36.5 Å². The molecule has 1 aliphatic heterocycles. The SMILES string of the molecule is N#Cc1c[nH]c(C(=O)N2CCC(O)(Cc3cccc(Cl)c3)C2)c1. The maximum atomic E-state index is 12.4. The molecule has 1 saturated heterocycles. The Morgan fingerprint density at radius 1 is 1.48 bits per heavy atom. The Hall–Kier alpha value is -2.29. The molecule has 1 aromatic heterocycles. The second-order valence-corrected chi connectivity index (χ2v) is 6.36. The molecule has 2 aromatic rings. The topological polar surface area (TPSA) is 80.1 Å². The predicted octanol–water partition coefficient (Wildman–Crippen LogP) is 2.36. The molecule has 0 aliphatic carbocycles. The zero-order valence-electron chi connectivity index (χ0n) is 12.4. The molecule has 2 N–H and O–H groups in total. The van der Waals surface area contributed by atoms with Crippen molar-refractivity contribution in [1.29, 1.82) is 5.26 Å². The van der Waals surface area contributed by atoms with E-state index in [9.17, 15) is 9.90 Å². The number of aliphatic hydroxyl groups is 1. The minimum Gasteiger partial charge on any atom is -0.388 e. The van der Waals surface area contributed by atoms with Gasteiger partial charge in [0.25, 0.3) is 5.91 Å². The molecule has 0 radical (unpaired) electrons. The van der Waals surface area contributed by atoms with Crippen LogP contribution in [0.3, 0.4) is 0 Å². The van der Waals surface area contributed by atoms with Gasteiger partial charge in [-0.2, -0.15) is 5.26 Å². The standard InChI is InChI=1S/C17H16ClN3O2/c18-14-3-1-2-12(6-14)8-17(23)4-5-21(11-17)16(22)15-7-13(9-19)10-20-15/h1-3,6-7,10,20,23H,4-5,8,11H2. The van der Waals surface area contributed by atoms with Crippen LogP contribution in [0.25, 0.3) is 0 Å². The van der Waals surface area contributed by atoms with Crippen molar-refractivity contribution < 1.29 is 9.90 Å². The lowest BCUT2D eigenvalue weighted by atomic mass is 9.94. The third kappa shape index (κ3) is 3.39. The number of nitrogens with one attached hydrogen (secondary N) is 1. The van der Waals surface area contributed by atoms with Crippen LogP contribution >= 0.6 is 11.6 Å². The zero-order chi connectivity index (χ0) is 16.4. The quantitative estimate of drug-likeness (QED) is 0.907. The fourth-order valence-electron chi connectivity index (χ4n) is 2.95. The summed E-state index contributed by atoms with van der Waals surface area (Å²) in [6, 6.07) is 10.9.